The second kappa shape index (κ2) is 4.17. The minimum atomic E-state index is -4.38. The molecule has 0 saturated heterocycles. The third kappa shape index (κ3) is 2.44. The molecule has 17 heavy (non-hydrogen) atoms. The summed E-state index contributed by atoms with van der Waals surface area (Å²) in [5.74, 6) is 0.323. The fourth-order valence-electron chi connectivity index (χ4n) is 1.43. The van der Waals surface area contributed by atoms with E-state index in [-0.39, 0.29) is 0 Å². The molecule has 1 aromatic heterocycles. The Morgan fingerprint density at radius 1 is 1.29 bits per heavy atom. The van der Waals surface area contributed by atoms with E-state index in [1.165, 1.54) is 18.5 Å². The minimum absolute atomic E-state index is 0.323. The molecule has 7 heteroatoms. The monoisotopic (exact) mass is 242 g/mol. The predicted molar refractivity (Wildman–Crippen MR) is 53.9 cm³/mol. The first-order valence-electron chi connectivity index (χ1n) is 4.76. The van der Waals surface area contributed by atoms with Gasteiger partial charge in [0.25, 0.3) is 0 Å². The number of aromatic nitrogens is 3. The van der Waals surface area contributed by atoms with Crippen LogP contribution in [0.25, 0.3) is 0 Å². The molecule has 0 spiro atoms. The molecule has 2 aromatic rings. The third-order valence-electron chi connectivity index (χ3n) is 2.30. The Morgan fingerprint density at radius 2 is 2.06 bits per heavy atom. The third-order valence-corrected chi connectivity index (χ3v) is 2.30. The van der Waals surface area contributed by atoms with E-state index in [0.717, 1.165) is 12.1 Å². The summed E-state index contributed by atoms with van der Waals surface area (Å²) in [6.07, 6.45) is -3.13. The summed E-state index contributed by atoms with van der Waals surface area (Å²) in [4.78, 5) is 3.81. The number of nitrogens with two attached hydrogens (primary N) is 1. The molecular formula is C10H9F3N4. The number of aromatic amines is 1. The van der Waals surface area contributed by atoms with Crippen molar-refractivity contribution in [3.63, 3.8) is 0 Å². The van der Waals surface area contributed by atoms with Crippen molar-refractivity contribution < 1.29 is 13.2 Å². The molecular weight excluding hydrogens is 233 g/mol. The van der Waals surface area contributed by atoms with Crippen LogP contribution in [0.15, 0.2) is 30.6 Å². The molecule has 1 aromatic carbocycles. The zero-order valence-electron chi connectivity index (χ0n) is 8.57. The molecule has 0 saturated carbocycles. The number of alkyl halides is 3. The number of H-pyrrole nitrogens is 1. The molecule has 4 nitrogen and oxygen atoms in total. The molecule has 0 fully saturated rings. The van der Waals surface area contributed by atoms with Crippen molar-refractivity contribution in [3.8, 4) is 0 Å². The summed E-state index contributed by atoms with van der Waals surface area (Å²) in [5, 5.41) is 6.13. The first-order valence-corrected chi connectivity index (χ1v) is 4.76. The summed E-state index contributed by atoms with van der Waals surface area (Å²) >= 11 is 0. The van der Waals surface area contributed by atoms with Crippen LogP contribution in [0.2, 0.25) is 0 Å². The summed E-state index contributed by atoms with van der Waals surface area (Å²) in [6, 6.07) is 4.08. The lowest BCUT2D eigenvalue weighted by atomic mass is 10.0. The van der Waals surface area contributed by atoms with E-state index in [1.54, 1.807) is 0 Å². The lowest BCUT2D eigenvalue weighted by Gasteiger charge is -2.12. The number of nitrogens with one attached hydrogen (secondary N) is 1. The van der Waals surface area contributed by atoms with Gasteiger partial charge in [0.05, 0.1) is 11.6 Å². The predicted octanol–water partition coefficient (Wildman–Crippen LogP) is 1.87. The van der Waals surface area contributed by atoms with Crippen molar-refractivity contribution in [2.45, 2.75) is 12.2 Å². The van der Waals surface area contributed by atoms with Gasteiger partial charge in [0.1, 0.15) is 12.2 Å². The van der Waals surface area contributed by atoms with Gasteiger partial charge in [-0.05, 0) is 17.7 Å². The molecule has 0 aliphatic rings. The van der Waals surface area contributed by atoms with Crippen LogP contribution in [0.4, 0.5) is 13.2 Å². The molecule has 0 radical (unpaired) electrons. The molecule has 1 heterocycles. The molecule has 0 aliphatic heterocycles. The maximum Gasteiger partial charge on any atom is 0.416 e. The Labute approximate surface area is 94.7 Å². The zero-order valence-corrected chi connectivity index (χ0v) is 8.57. The first kappa shape index (κ1) is 11.6. The molecule has 2 rings (SSSR count). The van der Waals surface area contributed by atoms with Gasteiger partial charge in [-0.25, -0.2) is 4.98 Å². The van der Waals surface area contributed by atoms with Gasteiger partial charge in [-0.1, -0.05) is 12.1 Å². The van der Waals surface area contributed by atoms with Crippen molar-refractivity contribution in [2.75, 3.05) is 0 Å². The van der Waals surface area contributed by atoms with E-state index in [1.807, 2.05) is 0 Å². The van der Waals surface area contributed by atoms with Gasteiger partial charge in [0.15, 0.2) is 0 Å². The highest BCUT2D eigenvalue weighted by molar-refractivity contribution is 5.30. The van der Waals surface area contributed by atoms with Crippen molar-refractivity contribution in [1.29, 1.82) is 0 Å². The molecule has 0 aliphatic carbocycles. The topological polar surface area (TPSA) is 67.6 Å². The molecule has 3 N–H and O–H groups in total. The van der Waals surface area contributed by atoms with Gasteiger partial charge in [-0.15, -0.1) is 0 Å². The Bertz CT molecular complexity index is 493. The number of benzene rings is 1. The Kier molecular flexibility index (Phi) is 2.84. The van der Waals surface area contributed by atoms with E-state index in [2.05, 4.69) is 15.2 Å². The average molecular weight is 242 g/mol. The second-order valence-electron chi connectivity index (χ2n) is 3.47. The summed E-state index contributed by atoms with van der Waals surface area (Å²) in [6.45, 7) is 0. The maximum absolute atomic E-state index is 12.5. The quantitative estimate of drug-likeness (QED) is 0.844. The fourth-order valence-corrected chi connectivity index (χ4v) is 1.43. The number of hydrogen-bond acceptors (Lipinski definition) is 3. The van der Waals surface area contributed by atoms with Crippen LogP contribution >= 0.6 is 0 Å². The van der Waals surface area contributed by atoms with E-state index in [0.29, 0.717) is 11.4 Å². The van der Waals surface area contributed by atoms with Gasteiger partial charge in [-0.3, -0.25) is 5.10 Å². The van der Waals surface area contributed by atoms with Crippen molar-refractivity contribution in [1.82, 2.24) is 15.2 Å². The van der Waals surface area contributed by atoms with Crippen molar-refractivity contribution in [2.24, 2.45) is 5.73 Å². The number of hydrogen-bond donors (Lipinski definition) is 2. The largest absolute Gasteiger partial charge is 0.416 e. The summed E-state index contributed by atoms with van der Waals surface area (Å²) < 4.78 is 37.5. The van der Waals surface area contributed by atoms with Crippen LogP contribution in [0.3, 0.4) is 0 Å². The molecule has 1 atom stereocenters. The van der Waals surface area contributed by atoms with Crippen LogP contribution in [-0.4, -0.2) is 15.2 Å². The summed E-state index contributed by atoms with van der Waals surface area (Å²) in [7, 11) is 0. The van der Waals surface area contributed by atoms with Gasteiger partial charge in [-0.2, -0.15) is 18.3 Å². The zero-order chi connectivity index (χ0) is 12.5. The normalized spacial score (nSPS) is 13.6. The molecule has 1 unspecified atom stereocenters. The SMILES string of the molecule is NC(c1cccc(C(F)(F)F)c1)c1ncn[nH]1. The number of rotatable bonds is 2. The molecule has 0 amide bonds. The fraction of sp³-hybridized carbons (Fsp3) is 0.200. The van der Waals surface area contributed by atoms with E-state index < -0.39 is 17.8 Å². The standard InChI is InChI=1S/C10H9F3N4/c11-10(12,13)7-3-1-2-6(4-7)8(14)9-15-5-16-17-9/h1-5,8H,14H2,(H,15,16,17). The van der Waals surface area contributed by atoms with Crippen LogP contribution < -0.4 is 5.73 Å². The lowest BCUT2D eigenvalue weighted by Crippen LogP contribution is -2.15. The van der Waals surface area contributed by atoms with E-state index >= 15 is 0 Å². The Morgan fingerprint density at radius 3 is 2.65 bits per heavy atom. The number of halogens is 3. The second-order valence-corrected chi connectivity index (χ2v) is 3.47. The molecule has 90 valence electrons. The van der Waals surface area contributed by atoms with Gasteiger partial charge in [0.2, 0.25) is 0 Å². The minimum Gasteiger partial charge on any atom is -0.318 e. The first-order chi connectivity index (χ1) is 7.98. The van der Waals surface area contributed by atoms with Crippen LogP contribution in [0.1, 0.15) is 23.0 Å². The van der Waals surface area contributed by atoms with Gasteiger partial charge >= 0.3 is 6.18 Å². The Hall–Kier alpha value is -1.89. The summed E-state index contributed by atoms with van der Waals surface area (Å²) in [5.41, 5.74) is 5.37. The highest BCUT2D eigenvalue weighted by Crippen LogP contribution is 2.30. The Balaban J connectivity index is 2.34. The van der Waals surface area contributed by atoms with Crippen molar-refractivity contribution >= 4 is 0 Å². The average Bonchev–Trinajstić information content (AvgIpc) is 2.80. The highest BCUT2D eigenvalue weighted by atomic mass is 19.4. The maximum atomic E-state index is 12.5. The van der Waals surface area contributed by atoms with Crippen molar-refractivity contribution in [3.05, 3.63) is 47.5 Å². The van der Waals surface area contributed by atoms with E-state index in [4.69, 9.17) is 5.73 Å². The van der Waals surface area contributed by atoms with E-state index in [9.17, 15) is 13.2 Å². The lowest BCUT2D eigenvalue weighted by molar-refractivity contribution is -0.137. The van der Waals surface area contributed by atoms with Gasteiger partial charge < -0.3 is 5.73 Å². The molecule has 0 bridgehead atoms. The number of nitrogens with zero attached hydrogens (tertiary/aromatic N) is 2. The van der Waals surface area contributed by atoms with Crippen LogP contribution in [-0.2, 0) is 6.18 Å². The van der Waals surface area contributed by atoms with Gasteiger partial charge in [0, 0.05) is 0 Å². The highest BCUT2D eigenvalue weighted by Gasteiger charge is 2.30. The smallest absolute Gasteiger partial charge is 0.318 e. The van der Waals surface area contributed by atoms with Crippen LogP contribution in [0.5, 0.6) is 0 Å². The van der Waals surface area contributed by atoms with Crippen LogP contribution in [0, 0.1) is 0 Å².